The van der Waals surface area contributed by atoms with Crippen molar-refractivity contribution in [1.82, 2.24) is 9.97 Å². The smallest absolute Gasteiger partial charge is 0.254 e. The SMILES string of the molecule is O=c1[nH]c(C2CCCCC2)nc2c1CCC2. The molecule has 0 amide bonds. The number of hydrogen-bond donors (Lipinski definition) is 1. The van der Waals surface area contributed by atoms with Gasteiger partial charge >= 0.3 is 0 Å². The summed E-state index contributed by atoms with van der Waals surface area (Å²) in [5.41, 5.74) is 2.15. The quantitative estimate of drug-likeness (QED) is 0.786. The van der Waals surface area contributed by atoms with E-state index in [1.165, 1.54) is 32.1 Å². The van der Waals surface area contributed by atoms with E-state index in [1.807, 2.05) is 0 Å². The molecule has 0 aromatic carbocycles. The number of rotatable bonds is 1. The molecule has 3 nitrogen and oxygen atoms in total. The highest BCUT2D eigenvalue weighted by Gasteiger charge is 2.22. The van der Waals surface area contributed by atoms with Crippen LogP contribution >= 0.6 is 0 Å². The molecule has 0 atom stereocenters. The Morgan fingerprint density at radius 2 is 1.88 bits per heavy atom. The fourth-order valence-corrected chi connectivity index (χ4v) is 3.03. The first-order chi connectivity index (χ1) is 7.84. The molecule has 0 spiro atoms. The zero-order chi connectivity index (χ0) is 11.0. The molecule has 2 aliphatic carbocycles. The fourth-order valence-electron chi connectivity index (χ4n) is 3.03. The predicted octanol–water partition coefficient (Wildman–Crippen LogP) is 2.31. The van der Waals surface area contributed by atoms with Crippen LogP contribution in [-0.2, 0) is 12.8 Å². The lowest BCUT2D eigenvalue weighted by Gasteiger charge is -2.20. The Morgan fingerprint density at radius 3 is 2.69 bits per heavy atom. The minimum Gasteiger partial charge on any atom is -0.310 e. The summed E-state index contributed by atoms with van der Waals surface area (Å²) in [5, 5.41) is 0. The van der Waals surface area contributed by atoms with Crippen molar-refractivity contribution in [3.8, 4) is 0 Å². The van der Waals surface area contributed by atoms with E-state index in [4.69, 9.17) is 0 Å². The van der Waals surface area contributed by atoms with E-state index in [2.05, 4.69) is 9.97 Å². The van der Waals surface area contributed by atoms with E-state index in [0.29, 0.717) is 5.92 Å². The molecule has 1 aromatic heterocycles. The van der Waals surface area contributed by atoms with E-state index in [0.717, 1.165) is 36.3 Å². The molecule has 3 rings (SSSR count). The first-order valence-corrected chi connectivity index (χ1v) is 6.46. The molecule has 0 unspecified atom stereocenters. The summed E-state index contributed by atoms with van der Waals surface area (Å²) in [6.45, 7) is 0. The van der Waals surface area contributed by atoms with Crippen LogP contribution in [0.25, 0.3) is 0 Å². The molecule has 3 heteroatoms. The molecule has 1 saturated carbocycles. The molecule has 0 aliphatic heterocycles. The molecule has 16 heavy (non-hydrogen) atoms. The molecule has 0 bridgehead atoms. The summed E-state index contributed by atoms with van der Waals surface area (Å²) in [6, 6.07) is 0. The van der Waals surface area contributed by atoms with Crippen molar-refractivity contribution < 1.29 is 0 Å². The van der Waals surface area contributed by atoms with Gasteiger partial charge in [-0.3, -0.25) is 4.79 Å². The van der Waals surface area contributed by atoms with Crippen molar-refractivity contribution in [2.24, 2.45) is 0 Å². The molecule has 1 N–H and O–H groups in total. The zero-order valence-electron chi connectivity index (χ0n) is 9.59. The van der Waals surface area contributed by atoms with Crippen LogP contribution in [0.3, 0.4) is 0 Å². The fraction of sp³-hybridized carbons (Fsp3) is 0.692. The predicted molar refractivity (Wildman–Crippen MR) is 62.7 cm³/mol. The third-order valence-corrected chi connectivity index (χ3v) is 3.95. The van der Waals surface area contributed by atoms with E-state index >= 15 is 0 Å². The van der Waals surface area contributed by atoms with Crippen LogP contribution in [-0.4, -0.2) is 9.97 Å². The van der Waals surface area contributed by atoms with Crippen molar-refractivity contribution >= 4 is 0 Å². The van der Waals surface area contributed by atoms with E-state index in [9.17, 15) is 4.79 Å². The number of H-pyrrole nitrogens is 1. The first-order valence-electron chi connectivity index (χ1n) is 6.46. The zero-order valence-corrected chi connectivity index (χ0v) is 9.59. The molecule has 1 aromatic rings. The summed E-state index contributed by atoms with van der Waals surface area (Å²) >= 11 is 0. The molecular weight excluding hydrogens is 200 g/mol. The highest BCUT2D eigenvalue weighted by atomic mass is 16.1. The second-order valence-electron chi connectivity index (χ2n) is 5.06. The maximum atomic E-state index is 11.9. The molecule has 86 valence electrons. The van der Waals surface area contributed by atoms with Gasteiger partial charge in [-0.1, -0.05) is 19.3 Å². The maximum Gasteiger partial charge on any atom is 0.254 e. The highest BCUT2D eigenvalue weighted by molar-refractivity contribution is 5.23. The normalized spacial score (nSPS) is 21.0. The lowest BCUT2D eigenvalue weighted by Crippen LogP contribution is -2.20. The second-order valence-corrected chi connectivity index (χ2v) is 5.06. The van der Waals surface area contributed by atoms with Crippen LogP contribution < -0.4 is 5.56 Å². The van der Waals surface area contributed by atoms with Crippen molar-refractivity contribution in [3.05, 3.63) is 27.4 Å². The van der Waals surface area contributed by atoms with Gasteiger partial charge < -0.3 is 4.98 Å². The Morgan fingerprint density at radius 1 is 1.06 bits per heavy atom. The topological polar surface area (TPSA) is 45.8 Å². The van der Waals surface area contributed by atoms with Gasteiger partial charge in [0, 0.05) is 11.5 Å². The van der Waals surface area contributed by atoms with E-state index in [-0.39, 0.29) is 5.56 Å². The van der Waals surface area contributed by atoms with Gasteiger partial charge in [-0.15, -0.1) is 0 Å². The monoisotopic (exact) mass is 218 g/mol. The van der Waals surface area contributed by atoms with Crippen LogP contribution in [0.4, 0.5) is 0 Å². The van der Waals surface area contributed by atoms with Gasteiger partial charge in [-0.2, -0.15) is 0 Å². The number of nitrogens with one attached hydrogen (secondary N) is 1. The highest BCUT2D eigenvalue weighted by Crippen LogP contribution is 2.30. The summed E-state index contributed by atoms with van der Waals surface area (Å²) in [6.07, 6.45) is 9.31. The van der Waals surface area contributed by atoms with Gasteiger partial charge in [0.25, 0.3) is 5.56 Å². The number of hydrogen-bond acceptors (Lipinski definition) is 2. The standard InChI is InChI=1S/C13H18N2O/c16-13-10-7-4-8-11(10)14-12(15-13)9-5-2-1-3-6-9/h9H,1-8H2,(H,14,15,16). The van der Waals surface area contributed by atoms with Gasteiger partial charge in [0.15, 0.2) is 0 Å². The number of aryl methyl sites for hydroxylation is 1. The Kier molecular flexibility index (Phi) is 2.54. The Bertz CT molecular complexity index is 444. The van der Waals surface area contributed by atoms with Crippen LogP contribution in [0, 0.1) is 0 Å². The first kappa shape index (κ1) is 10.1. The average molecular weight is 218 g/mol. The minimum absolute atomic E-state index is 0.128. The van der Waals surface area contributed by atoms with Crippen LogP contribution in [0.1, 0.15) is 61.5 Å². The molecule has 1 heterocycles. The number of aromatic nitrogens is 2. The molecule has 1 fully saturated rings. The third kappa shape index (κ3) is 1.68. The second kappa shape index (κ2) is 4.04. The number of nitrogens with zero attached hydrogens (tertiary/aromatic N) is 1. The van der Waals surface area contributed by atoms with Gasteiger partial charge in [0.05, 0.1) is 5.69 Å². The molecule has 0 saturated heterocycles. The van der Waals surface area contributed by atoms with E-state index in [1.54, 1.807) is 0 Å². The summed E-state index contributed by atoms with van der Waals surface area (Å²) in [5.74, 6) is 1.47. The van der Waals surface area contributed by atoms with Crippen molar-refractivity contribution in [2.75, 3.05) is 0 Å². The van der Waals surface area contributed by atoms with Crippen molar-refractivity contribution in [2.45, 2.75) is 57.3 Å². The average Bonchev–Trinajstić information content (AvgIpc) is 2.79. The summed E-state index contributed by atoms with van der Waals surface area (Å²) in [7, 11) is 0. The third-order valence-electron chi connectivity index (χ3n) is 3.95. The minimum atomic E-state index is 0.128. The lowest BCUT2D eigenvalue weighted by atomic mass is 9.88. The number of fused-ring (bicyclic) bond motifs is 1. The van der Waals surface area contributed by atoms with Crippen LogP contribution in [0.15, 0.2) is 4.79 Å². The van der Waals surface area contributed by atoms with Crippen LogP contribution in [0.5, 0.6) is 0 Å². The van der Waals surface area contributed by atoms with Gasteiger partial charge in [-0.05, 0) is 32.1 Å². The molecule has 2 aliphatic rings. The van der Waals surface area contributed by atoms with Gasteiger partial charge in [0.1, 0.15) is 5.82 Å². The maximum absolute atomic E-state index is 11.9. The van der Waals surface area contributed by atoms with Crippen molar-refractivity contribution in [1.29, 1.82) is 0 Å². The van der Waals surface area contributed by atoms with Crippen molar-refractivity contribution in [3.63, 3.8) is 0 Å². The Balaban J connectivity index is 1.96. The van der Waals surface area contributed by atoms with Gasteiger partial charge in [0.2, 0.25) is 0 Å². The summed E-state index contributed by atoms with van der Waals surface area (Å²) < 4.78 is 0. The van der Waals surface area contributed by atoms with Crippen LogP contribution in [0.2, 0.25) is 0 Å². The van der Waals surface area contributed by atoms with E-state index < -0.39 is 0 Å². The summed E-state index contributed by atoms with van der Waals surface area (Å²) in [4.78, 5) is 19.6. The number of aromatic amines is 1. The largest absolute Gasteiger partial charge is 0.310 e. The molecular formula is C13H18N2O. The van der Waals surface area contributed by atoms with Gasteiger partial charge in [-0.25, -0.2) is 4.98 Å². The molecule has 0 radical (unpaired) electrons. The Labute approximate surface area is 95.3 Å². The lowest BCUT2D eigenvalue weighted by molar-refractivity contribution is 0.427. The Hall–Kier alpha value is -1.12.